The van der Waals surface area contributed by atoms with Crippen molar-refractivity contribution < 1.29 is 22.7 Å². The van der Waals surface area contributed by atoms with Crippen LogP contribution in [0.1, 0.15) is 41.6 Å². The molecule has 0 aromatic heterocycles. The van der Waals surface area contributed by atoms with Crippen LogP contribution in [-0.4, -0.2) is 52.3 Å². The van der Waals surface area contributed by atoms with Crippen molar-refractivity contribution in [2.45, 2.75) is 43.0 Å². The largest absolute Gasteiger partial charge is 0.493 e. The number of methoxy groups -OCH3 is 2. The third-order valence-corrected chi connectivity index (χ3v) is 7.26. The van der Waals surface area contributed by atoms with Gasteiger partial charge in [0.25, 0.3) is 5.91 Å². The van der Waals surface area contributed by atoms with E-state index in [-0.39, 0.29) is 21.9 Å². The number of ether oxygens (including phenoxy) is 2. The van der Waals surface area contributed by atoms with Crippen molar-refractivity contribution in [1.82, 2.24) is 4.90 Å². The fourth-order valence-corrected chi connectivity index (χ4v) is 5.33. The number of rotatable bonds is 7. The summed E-state index contributed by atoms with van der Waals surface area (Å²) in [5, 5.41) is 0.127. The van der Waals surface area contributed by atoms with Gasteiger partial charge in [0, 0.05) is 24.4 Å². The van der Waals surface area contributed by atoms with Gasteiger partial charge in [-0.15, -0.1) is 0 Å². The van der Waals surface area contributed by atoms with Crippen LogP contribution in [0, 0.1) is 0 Å². The van der Waals surface area contributed by atoms with Crippen LogP contribution in [0.4, 0.5) is 0 Å². The van der Waals surface area contributed by atoms with E-state index in [1.165, 1.54) is 12.1 Å². The highest BCUT2D eigenvalue weighted by atomic mass is 35.5. The second kappa shape index (κ2) is 9.92. The van der Waals surface area contributed by atoms with Gasteiger partial charge >= 0.3 is 0 Å². The highest BCUT2D eigenvalue weighted by molar-refractivity contribution is 7.90. The van der Waals surface area contributed by atoms with E-state index >= 15 is 0 Å². The van der Waals surface area contributed by atoms with E-state index in [1.807, 2.05) is 23.1 Å². The normalized spacial score (nSPS) is 16.8. The summed E-state index contributed by atoms with van der Waals surface area (Å²) >= 11 is 6.04. The lowest BCUT2D eigenvalue weighted by Crippen LogP contribution is -2.44. The predicted octanol–water partition coefficient (Wildman–Crippen LogP) is 4.39. The number of hydrogen-bond donors (Lipinski definition) is 0. The molecule has 2 aromatic rings. The average Bonchev–Trinajstić information content (AvgIpc) is 2.76. The molecule has 31 heavy (non-hydrogen) atoms. The summed E-state index contributed by atoms with van der Waals surface area (Å²) < 4.78 is 34.7. The van der Waals surface area contributed by atoms with Crippen LogP contribution < -0.4 is 9.47 Å². The molecule has 0 radical (unpaired) electrons. The zero-order valence-corrected chi connectivity index (χ0v) is 19.6. The molecule has 1 unspecified atom stereocenters. The van der Waals surface area contributed by atoms with E-state index in [0.29, 0.717) is 23.6 Å². The molecule has 8 heteroatoms. The Balaban J connectivity index is 1.77. The van der Waals surface area contributed by atoms with Crippen molar-refractivity contribution >= 4 is 27.3 Å². The van der Waals surface area contributed by atoms with Crippen molar-refractivity contribution in [2.24, 2.45) is 0 Å². The topological polar surface area (TPSA) is 72.9 Å². The van der Waals surface area contributed by atoms with Crippen LogP contribution in [-0.2, 0) is 16.3 Å². The van der Waals surface area contributed by atoms with E-state index in [1.54, 1.807) is 20.3 Å². The van der Waals surface area contributed by atoms with Crippen LogP contribution in [0.5, 0.6) is 11.5 Å². The number of likely N-dealkylation sites (tertiary alicyclic amines) is 1. The second-order valence-corrected chi connectivity index (χ2v) is 10.2. The Morgan fingerprint density at radius 1 is 1.10 bits per heavy atom. The van der Waals surface area contributed by atoms with Gasteiger partial charge in [0.15, 0.2) is 21.3 Å². The summed E-state index contributed by atoms with van der Waals surface area (Å²) in [6.45, 7) is 0.659. The first-order valence-electron chi connectivity index (χ1n) is 10.3. The fourth-order valence-electron chi connectivity index (χ4n) is 4.02. The summed E-state index contributed by atoms with van der Waals surface area (Å²) in [5.41, 5.74) is 1.46. The number of piperidine rings is 1. The van der Waals surface area contributed by atoms with Gasteiger partial charge in [0.05, 0.1) is 24.1 Å². The minimum Gasteiger partial charge on any atom is -0.493 e. The average molecular weight is 466 g/mol. The Kier molecular flexibility index (Phi) is 7.49. The van der Waals surface area contributed by atoms with E-state index in [9.17, 15) is 13.2 Å². The molecule has 0 bridgehead atoms. The third kappa shape index (κ3) is 5.52. The molecule has 1 heterocycles. The van der Waals surface area contributed by atoms with E-state index < -0.39 is 9.84 Å². The second-order valence-electron chi connectivity index (χ2n) is 7.79. The lowest BCUT2D eigenvalue weighted by atomic mass is 9.95. The highest BCUT2D eigenvalue weighted by Gasteiger charge is 2.28. The molecule has 2 aromatic carbocycles. The number of aryl methyl sites for hydroxylation is 1. The first-order valence-corrected chi connectivity index (χ1v) is 12.5. The molecule has 1 fully saturated rings. The summed E-state index contributed by atoms with van der Waals surface area (Å²) in [7, 11) is -0.300. The molecule has 0 spiro atoms. The van der Waals surface area contributed by atoms with Crippen molar-refractivity contribution in [1.29, 1.82) is 0 Å². The molecule has 0 aliphatic carbocycles. The Morgan fingerprint density at radius 2 is 1.84 bits per heavy atom. The minimum absolute atomic E-state index is 0.0149. The van der Waals surface area contributed by atoms with Crippen molar-refractivity contribution in [3.8, 4) is 11.5 Å². The number of carbonyl (C=O) groups excluding carboxylic acids is 1. The van der Waals surface area contributed by atoms with Crippen LogP contribution >= 0.6 is 11.6 Å². The van der Waals surface area contributed by atoms with Gasteiger partial charge < -0.3 is 14.4 Å². The van der Waals surface area contributed by atoms with Crippen LogP contribution in [0.15, 0.2) is 41.3 Å². The molecular formula is C23H28ClNO5S. The van der Waals surface area contributed by atoms with Crippen molar-refractivity contribution in [3.05, 3.63) is 52.5 Å². The maximum atomic E-state index is 13.2. The molecule has 1 saturated heterocycles. The number of amides is 1. The van der Waals surface area contributed by atoms with E-state index in [4.69, 9.17) is 21.1 Å². The zero-order valence-electron chi connectivity index (χ0n) is 18.1. The molecule has 0 N–H and O–H groups in total. The lowest BCUT2D eigenvalue weighted by Gasteiger charge is -2.36. The summed E-state index contributed by atoms with van der Waals surface area (Å²) in [4.78, 5) is 15.1. The number of hydrogen-bond acceptors (Lipinski definition) is 5. The first-order chi connectivity index (χ1) is 14.7. The number of sulfone groups is 1. The summed E-state index contributed by atoms with van der Waals surface area (Å²) in [5.74, 6) is 1.22. The zero-order chi connectivity index (χ0) is 22.6. The number of benzene rings is 2. The third-order valence-electron chi connectivity index (χ3n) is 5.68. The molecule has 1 amide bonds. The number of halogens is 1. The molecule has 1 atom stereocenters. The molecule has 168 valence electrons. The van der Waals surface area contributed by atoms with Gasteiger partial charge in [-0.05, 0) is 68.0 Å². The Morgan fingerprint density at radius 3 is 2.52 bits per heavy atom. The van der Waals surface area contributed by atoms with Crippen LogP contribution in [0.2, 0.25) is 5.02 Å². The van der Waals surface area contributed by atoms with Crippen molar-refractivity contribution in [2.75, 3.05) is 27.0 Å². The maximum absolute atomic E-state index is 13.2. The molecule has 0 saturated carbocycles. The van der Waals surface area contributed by atoms with Gasteiger partial charge in [-0.1, -0.05) is 17.7 Å². The minimum atomic E-state index is -3.52. The van der Waals surface area contributed by atoms with Gasteiger partial charge in [0.1, 0.15) is 0 Å². The molecule has 6 nitrogen and oxygen atoms in total. The van der Waals surface area contributed by atoms with Gasteiger partial charge in [-0.25, -0.2) is 8.42 Å². The summed E-state index contributed by atoms with van der Waals surface area (Å²) in [6.07, 6.45) is 5.62. The molecule has 1 aliphatic heterocycles. The smallest absolute Gasteiger partial charge is 0.254 e. The van der Waals surface area contributed by atoms with E-state index in [0.717, 1.165) is 43.9 Å². The maximum Gasteiger partial charge on any atom is 0.254 e. The first kappa shape index (κ1) is 23.4. The number of nitrogens with zero attached hydrogens (tertiary/aromatic N) is 1. The SMILES string of the molecule is COc1ccc(CCC2CCCCN2C(=O)c2ccc(Cl)c(S(C)(=O)=O)c2)cc1OC. The molecule has 1 aliphatic rings. The van der Waals surface area contributed by atoms with Crippen LogP contribution in [0.3, 0.4) is 0 Å². The lowest BCUT2D eigenvalue weighted by molar-refractivity contribution is 0.0601. The standard InChI is InChI=1S/C23H28ClNO5S/c1-29-20-12-8-16(14-21(20)30-2)7-10-18-6-4-5-13-25(18)23(26)17-9-11-19(24)22(15-17)31(3,27)28/h8-9,11-12,14-15,18H,4-7,10,13H2,1-3H3. The van der Waals surface area contributed by atoms with Gasteiger partial charge in [0.2, 0.25) is 0 Å². The van der Waals surface area contributed by atoms with E-state index in [2.05, 4.69) is 0 Å². The molecule has 3 rings (SSSR count). The fraction of sp³-hybridized carbons (Fsp3) is 0.435. The Labute approximate surface area is 189 Å². The highest BCUT2D eigenvalue weighted by Crippen LogP contribution is 2.30. The van der Waals surface area contributed by atoms with Crippen LogP contribution in [0.25, 0.3) is 0 Å². The molecular weight excluding hydrogens is 438 g/mol. The monoisotopic (exact) mass is 465 g/mol. The Bertz CT molecular complexity index is 1050. The summed E-state index contributed by atoms with van der Waals surface area (Å²) in [6, 6.07) is 10.4. The van der Waals surface area contributed by atoms with Gasteiger partial charge in [-0.2, -0.15) is 0 Å². The van der Waals surface area contributed by atoms with Gasteiger partial charge in [-0.3, -0.25) is 4.79 Å². The van der Waals surface area contributed by atoms with Crippen molar-refractivity contribution in [3.63, 3.8) is 0 Å². The predicted molar refractivity (Wildman–Crippen MR) is 121 cm³/mol. The number of carbonyl (C=O) groups is 1. The Hall–Kier alpha value is -2.25. The quantitative estimate of drug-likeness (QED) is 0.606.